The number of hydrogen-bond acceptors (Lipinski definition) is 3. The summed E-state index contributed by atoms with van der Waals surface area (Å²) in [7, 11) is 0. The van der Waals surface area contributed by atoms with E-state index in [4.69, 9.17) is 17.3 Å². The molecule has 0 unspecified atom stereocenters. The molecule has 1 aromatic heterocycles. The highest BCUT2D eigenvalue weighted by Crippen LogP contribution is 2.37. The summed E-state index contributed by atoms with van der Waals surface area (Å²) in [6.45, 7) is -0.252. The van der Waals surface area contributed by atoms with Gasteiger partial charge in [0.1, 0.15) is 4.88 Å². The fourth-order valence-corrected chi connectivity index (χ4v) is 1.70. The highest BCUT2D eigenvalue weighted by molar-refractivity contribution is 7.15. The molecule has 68 valence electrons. The molecule has 0 aliphatic carbocycles. The Kier molecular flexibility index (Phi) is 2.60. The van der Waals surface area contributed by atoms with Gasteiger partial charge in [0.2, 0.25) is 0 Å². The Morgan fingerprint density at radius 1 is 1.50 bits per heavy atom. The molecule has 0 amide bonds. The van der Waals surface area contributed by atoms with Crippen LogP contribution in [0.1, 0.15) is 10.6 Å². The second kappa shape index (κ2) is 3.20. The number of rotatable bonds is 1. The largest absolute Gasteiger partial charge is 0.427 e. The monoisotopic (exact) mass is 216 g/mol. The van der Waals surface area contributed by atoms with Crippen molar-refractivity contribution >= 4 is 22.9 Å². The van der Waals surface area contributed by atoms with Crippen molar-refractivity contribution in [2.45, 2.75) is 12.7 Å². The van der Waals surface area contributed by atoms with Crippen LogP contribution in [-0.2, 0) is 12.7 Å². The lowest BCUT2D eigenvalue weighted by atomic mass is 10.3. The summed E-state index contributed by atoms with van der Waals surface area (Å²) in [6, 6.07) is 0. The van der Waals surface area contributed by atoms with Crippen LogP contribution in [0.25, 0.3) is 0 Å². The van der Waals surface area contributed by atoms with Gasteiger partial charge in [-0.3, -0.25) is 0 Å². The average Bonchev–Trinajstić information content (AvgIpc) is 2.29. The third-order valence-electron chi connectivity index (χ3n) is 1.12. The molecule has 0 aliphatic heterocycles. The van der Waals surface area contributed by atoms with Crippen molar-refractivity contribution in [3.8, 4) is 0 Å². The Morgan fingerprint density at radius 2 is 2.08 bits per heavy atom. The molecule has 0 saturated carbocycles. The number of halogens is 4. The molecular formula is C5H4ClF3N2S. The van der Waals surface area contributed by atoms with E-state index in [1.807, 2.05) is 0 Å². The number of aromatic nitrogens is 1. The third kappa shape index (κ3) is 1.88. The number of nitrogens with zero attached hydrogens (tertiary/aromatic N) is 1. The summed E-state index contributed by atoms with van der Waals surface area (Å²) in [6.07, 6.45) is -4.40. The van der Waals surface area contributed by atoms with E-state index in [-0.39, 0.29) is 16.7 Å². The predicted molar refractivity (Wildman–Crippen MR) is 40.0 cm³/mol. The molecule has 0 aromatic carbocycles. The van der Waals surface area contributed by atoms with E-state index in [1.165, 1.54) is 0 Å². The van der Waals surface area contributed by atoms with E-state index in [0.717, 1.165) is 0 Å². The highest BCUT2D eigenvalue weighted by Gasteiger charge is 2.36. The summed E-state index contributed by atoms with van der Waals surface area (Å²) in [5, 5.41) is 0. The maximum atomic E-state index is 12.1. The van der Waals surface area contributed by atoms with Crippen LogP contribution in [0.5, 0.6) is 0 Å². The minimum atomic E-state index is -4.40. The zero-order valence-electron chi connectivity index (χ0n) is 5.65. The molecule has 0 atom stereocenters. The Balaban J connectivity index is 3.13. The quantitative estimate of drug-likeness (QED) is 0.782. The summed E-state index contributed by atoms with van der Waals surface area (Å²) < 4.78 is 36.2. The first-order valence-corrected chi connectivity index (χ1v) is 4.07. The molecule has 1 aromatic rings. The first-order chi connectivity index (χ1) is 5.45. The van der Waals surface area contributed by atoms with Gasteiger partial charge >= 0.3 is 6.18 Å². The molecule has 0 fully saturated rings. The molecule has 1 rings (SSSR count). The lowest BCUT2D eigenvalue weighted by Crippen LogP contribution is -2.09. The van der Waals surface area contributed by atoms with Crippen LogP contribution >= 0.6 is 22.9 Å². The Morgan fingerprint density at radius 3 is 2.42 bits per heavy atom. The van der Waals surface area contributed by atoms with Crippen LogP contribution < -0.4 is 5.73 Å². The van der Waals surface area contributed by atoms with Crippen LogP contribution in [-0.4, -0.2) is 4.98 Å². The van der Waals surface area contributed by atoms with Gasteiger partial charge in [-0.05, 0) is 0 Å². The molecule has 0 saturated heterocycles. The van der Waals surface area contributed by atoms with Crippen LogP contribution in [0, 0.1) is 0 Å². The highest BCUT2D eigenvalue weighted by atomic mass is 35.5. The fourth-order valence-electron chi connectivity index (χ4n) is 0.683. The molecule has 2 nitrogen and oxygen atoms in total. The van der Waals surface area contributed by atoms with Gasteiger partial charge in [0.15, 0.2) is 4.47 Å². The Bertz CT molecular complexity index is 283. The Hall–Kier alpha value is -0.330. The predicted octanol–water partition coefficient (Wildman–Crippen LogP) is 2.27. The molecule has 7 heteroatoms. The van der Waals surface area contributed by atoms with Crippen molar-refractivity contribution in [2.24, 2.45) is 5.73 Å². The van der Waals surface area contributed by atoms with Gasteiger partial charge < -0.3 is 5.73 Å². The molecule has 0 aliphatic rings. The lowest BCUT2D eigenvalue weighted by Gasteiger charge is -2.03. The van der Waals surface area contributed by atoms with E-state index in [9.17, 15) is 13.2 Å². The number of alkyl halides is 3. The van der Waals surface area contributed by atoms with Gasteiger partial charge in [0.25, 0.3) is 0 Å². The normalized spacial score (nSPS) is 12.1. The second-order valence-corrected chi connectivity index (χ2v) is 3.53. The minimum Gasteiger partial charge on any atom is -0.325 e. The topological polar surface area (TPSA) is 38.9 Å². The van der Waals surface area contributed by atoms with Crippen LogP contribution in [0.4, 0.5) is 13.2 Å². The standard InChI is InChI=1S/C5H4ClF3N2S/c6-4-11-2(1-10)3(12-4)5(7,8)9/h1,10H2. The molecule has 0 spiro atoms. The summed E-state index contributed by atoms with van der Waals surface area (Å²) in [5.74, 6) is 0. The smallest absolute Gasteiger partial charge is 0.325 e. The van der Waals surface area contributed by atoms with Crippen molar-refractivity contribution in [3.63, 3.8) is 0 Å². The van der Waals surface area contributed by atoms with E-state index < -0.39 is 11.1 Å². The lowest BCUT2D eigenvalue weighted by molar-refractivity contribution is -0.135. The average molecular weight is 217 g/mol. The zero-order valence-corrected chi connectivity index (χ0v) is 7.22. The summed E-state index contributed by atoms with van der Waals surface area (Å²) in [4.78, 5) is 2.62. The van der Waals surface area contributed by atoms with Gasteiger partial charge in [-0.15, -0.1) is 0 Å². The van der Waals surface area contributed by atoms with Gasteiger partial charge in [-0.25, -0.2) is 4.98 Å². The molecule has 1 heterocycles. The van der Waals surface area contributed by atoms with Gasteiger partial charge in [-0.2, -0.15) is 13.2 Å². The number of thiazole rings is 1. The maximum Gasteiger partial charge on any atom is 0.427 e. The zero-order chi connectivity index (χ0) is 9.35. The van der Waals surface area contributed by atoms with Crippen LogP contribution in [0.15, 0.2) is 0 Å². The minimum absolute atomic E-state index is 0.136. The summed E-state index contributed by atoms with van der Waals surface area (Å²) >= 11 is 5.70. The van der Waals surface area contributed by atoms with Crippen molar-refractivity contribution in [1.29, 1.82) is 0 Å². The van der Waals surface area contributed by atoms with Gasteiger partial charge in [-0.1, -0.05) is 22.9 Å². The van der Waals surface area contributed by atoms with Gasteiger partial charge in [0, 0.05) is 6.54 Å². The molecular weight excluding hydrogens is 213 g/mol. The summed E-state index contributed by atoms with van der Waals surface area (Å²) in [5.41, 5.74) is 4.85. The van der Waals surface area contributed by atoms with Crippen LogP contribution in [0.3, 0.4) is 0 Å². The van der Waals surface area contributed by atoms with E-state index in [0.29, 0.717) is 11.3 Å². The molecule has 0 bridgehead atoms. The van der Waals surface area contributed by atoms with Gasteiger partial charge in [0.05, 0.1) is 5.69 Å². The van der Waals surface area contributed by atoms with E-state index in [2.05, 4.69) is 4.98 Å². The number of hydrogen-bond donors (Lipinski definition) is 1. The molecule has 0 radical (unpaired) electrons. The van der Waals surface area contributed by atoms with Crippen molar-refractivity contribution in [2.75, 3.05) is 0 Å². The second-order valence-electron chi connectivity index (χ2n) is 1.94. The Labute approximate surface area is 75.2 Å². The van der Waals surface area contributed by atoms with E-state index >= 15 is 0 Å². The first kappa shape index (κ1) is 9.76. The SMILES string of the molecule is NCc1nc(Cl)sc1C(F)(F)F. The third-order valence-corrected chi connectivity index (χ3v) is 2.37. The maximum absolute atomic E-state index is 12.1. The molecule has 2 N–H and O–H groups in total. The van der Waals surface area contributed by atoms with Crippen molar-refractivity contribution in [3.05, 3.63) is 15.0 Å². The van der Waals surface area contributed by atoms with Crippen LogP contribution in [0.2, 0.25) is 4.47 Å². The van der Waals surface area contributed by atoms with Crippen molar-refractivity contribution < 1.29 is 13.2 Å². The van der Waals surface area contributed by atoms with Crippen molar-refractivity contribution in [1.82, 2.24) is 4.98 Å². The molecule has 12 heavy (non-hydrogen) atoms. The number of nitrogens with two attached hydrogens (primary N) is 1. The van der Waals surface area contributed by atoms with E-state index in [1.54, 1.807) is 0 Å². The first-order valence-electron chi connectivity index (χ1n) is 2.87. The fraction of sp³-hybridized carbons (Fsp3) is 0.400.